The van der Waals surface area contributed by atoms with Gasteiger partial charge in [-0.3, -0.25) is 10.1 Å². The van der Waals surface area contributed by atoms with Crippen LogP contribution in [0.5, 0.6) is 0 Å². The Morgan fingerprint density at radius 2 is 2.00 bits per heavy atom. The summed E-state index contributed by atoms with van der Waals surface area (Å²) < 4.78 is 0.793. The molecule has 0 radical (unpaired) electrons. The van der Waals surface area contributed by atoms with Gasteiger partial charge in [0.1, 0.15) is 0 Å². The highest BCUT2D eigenvalue weighted by Crippen LogP contribution is 2.31. The molecule has 2 rings (SSSR count). The molecule has 5 nitrogen and oxygen atoms in total. The molecule has 0 unspecified atom stereocenters. The van der Waals surface area contributed by atoms with Gasteiger partial charge in [-0.2, -0.15) is 0 Å². The van der Waals surface area contributed by atoms with Gasteiger partial charge in [0, 0.05) is 33.0 Å². The predicted molar refractivity (Wildman–Crippen MR) is 79.9 cm³/mol. The van der Waals surface area contributed by atoms with E-state index < -0.39 is 4.92 Å². The number of nitrogens with one attached hydrogen (secondary N) is 1. The Morgan fingerprint density at radius 3 is 2.68 bits per heavy atom. The Bertz CT molecular complexity index is 649. The maximum Gasteiger partial charge on any atom is 0.273 e. The van der Waals surface area contributed by atoms with Gasteiger partial charge >= 0.3 is 0 Å². The highest BCUT2D eigenvalue weighted by Gasteiger charge is 2.09. The molecule has 98 valence electrons. The van der Waals surface area contributed by atoms with E-state index in [0.29, 0.717) is 22.1 Å². The fraction of sp³-hybridized carbons (Fsp3) is 0. The quantitative estimate of drug-likeness (QED) is 0.494. The van der Waals surface area contributed by atoms with Crippen LogP contribution in [-0.2, 0) is 0 Å². The molecule has 0 saturated heterocycles. The smallest absolute Gasteiger partial charge is 0.273 e. The van der Waals surface area contributed by atoms with Gasteiger partial charge in [0.25, 0.3) is 5.69 Å². The van der Waals surface area contributed by atoms with Crippen molar-refractivity contribution in [2.24, 2.45) is 0 Å². The maximum absolute atomic E-state index is 10.8. The zero-order valence-electron chi connectivity index (χ0n) is 9.56. The number of benzene rings is 2. The summed E-state index contributed by atoms with van der Waals surface area (Å²) in [5.74, 6) is 0. The van der Waals surface area contributed by atoms with E-state index in [0.717, 1.165) is 4.47 Å². The largest absolute Gasteiger partial charge is 0.398 e. The first kappa shape index (κ1) is 13.6. The molecule has 0 bridgehead atoms. The maximum atomic E-state index is 10.8. The average molecular weight is 343 g/mol. The van der Waals surface area contributed by atoms with Crippen LogP contribution in [0.15, 0.2) is 40.9 Å². The Morgan fingerprint density at radius 1 is 1.26 bits per heavy atom. The van der Waals surface area contributed by atoms with E-state index in [1.165, 1.54) is 12.1 Å². The number of non-ortho nitro benzene ring substituents is 1. The number of hydrogen-bond donors (Lipinski definition) is 2. The molecule has 7 heteroatoms. The average Bonchev–Trinajstić information content (AvgIpc) is 2.33. The van der Waals surface area contributed by atoms with Crippen molar-refractivity contribution in [3.8, 4) is 0 Å². The minimum absolute atomic E-state index is 0.0688. The van der Waals surface area contributed by atoms with Crippen LogP contribution in [0.2, 0.25) is 5.02 Å². The summed E-state index contributed by atoms with van der Waals surface area (Å²) in [4.78, 5) is 10.3. The molecule has 0 atom stereocenters. The van der Waals surface area contributed by atoms with E-state index in [1.54, 1.807) is 24.3 Å². The van der Waals surface area contributed by atoms with Gasteiger partial charge in [-0.05, 0) is 40.2 Å². The Kier molecular flexibility index (Phi) is 3.92. The van der Waals surface area contributed by atoms with Crippen LogP contribution >= 0.6 is 27.5 Å². The standard InChI is InChI=1S/C12H9BrClN3O2/c13-11-2-1-7(14)3-12(11)16-9-4-8(15)5-10(6-9)17(18)19/h1-6,16H,15H2. The summed E-state index contributed by atoms with van der Waals surface area (Å²) in [6.45, 7) is 0. The summed E-state index contributed by atoms with van der Waals surface area (Å²) >= 11 is 9.27. The molecule has 0 saturated carbocycles. The highest BCUT2D eigenvalue weighted by atomic mass is 79.9. The van der Waals surface area contributed by atoms with Crippen molar-refractivity contribution in [3.63, 3.8) is 0 Å². The second-order valence-electron chi connectivity index (χ2n) is 3.82. The lowest BCUT2D eigenvalue weighted by molar-refractivity contribution is -0.384. The van der Waals surface area contributed by atoms with E-state index in [2.05, 4.69) is 21.2 Å². The van der Waals surface area contributed by atoms with Gasteiger partial charge in [-0.15, -0.1) is 0 Å². The van der Waals surface area contributed by atoms with Gasteiger partial charge in [0.15, 0.2) is 0 Å². The third-order valence-electron chi connectivity index (χ3n) is 2.36. The number of halogens is 2. The second kappa shape index (κ2) is 5.46. The third kappa shape index (κ3) is 3.36. The number of nitro benzene ring substituents is 1. The van der Waals surface area contributed by atoms with Crippen LogP contribution in [0, 0.1) is 10.1 Å². The van der Waals surface area contributed by atoms with Crippen molar-refractivity contribution >= 4 is 50.3 Å². The van der Waals surface area contributed by atoms with Gasteiger partial charge in [-0.25, -0.2) is 0 Å². The molecule has 0 aliphatic heterocycles. The number of nitrogen functional groups attached to an aromatic ring is 1. The molecular weight excluding hydrogens is 334 g/mol. The SMILES string of the molecule is Nc1cc(Nc2cc(Cl)ccc2Br)cc([N+](=O)[O-])c1. The van der Waals surface area contributed by atoms with Crippen molar-refractivity contribution in [1.29, 1.82) is 0 Å². The molecule has 3 N–H and O–H groups in total. The van der Waals surface area contributed by atoms with E-state index in [1.807, 2.05) is 0 Å². The molecule has 2 aromatic carbocycles. The Labute approximate surface area is 122 Å². The number of rotatable bonds is 3. The normalized spacial score (nSPS) is 10.2. The highest BCUT2D eigenvalue weighted by molar-refractivity contribution is 9.10. The molecule has 0 spiro atoms. The zero-order valence-corrected chi connectivity index (χ0v) is 11.9. The number of anilines is 3. The Balaban J connectivity index is 2.38. The van der Waals surface area contributed by atoms with Crippen LogP contribution in [-0.4, -0.2) is 4.92 Å². The number of nitrogens with zero attached hydrogens (tertiary/aromatic N) is 1. The van der Waals surface area contributed by atoms with Crippen LogP contribution in [0.1, 0.15) is 0 Å². The summed E-state index contributed by atoms with van der Waals surface area (Å²) in [5, 5.41) is 14.4. The molecule has 0 amide bonds. The van der Waals surface area contributed by atoms with Crippen molar-refractivity contribution in [1.82, 2.24) is 0 Å². The van der Waals surface area contributed by atoms with Crippen LogP contribution in [0.3, 0.4) is 0 Å². The van der Waals surface area contributed by atoms with Crippen molar-refractivity contribution < 1.29 is 4.92 Å². The van der Waals surface area contributed by atoms with Gasteiger partial charge in [0.05, 0.1) is 10.6 Å². The number of nitrogens with two attached hydrogens (primary N) is 1. The minimum Gasteiger partial charge on any atom is -0.398 e. The molecule has 0 fully saturated rings. The van der Waals surface area contributed by atoms with Crippen molar-refractivity contribution in [2.75, 3.05) is 11.1 Å². The van der Waals surface area contributed by atoms with E-state index in [-0.39, 0.29) is 5.69 Å². The van der Waals surface area contributed by atoms with Gasteiger partial charge in [-0.1, -0.05) is 11.6 Å². The third-order valence-corrected chi connectivity index (χ3v) is 3.28. The number of hydrogen-bond acceptors (Lipinski definition) is 4. The summed E-state index contributed by atoms with van der Waals surface area (Å²) in [5.41, 5.74) is 7.11. The minimum atomic E-state index is -0.492. The molecule has 0 aliphatic rings. The fourth-order valence-corrected chi connectivity index (χ4v) is 2.08. The summed E-state index contributed by atoms with van der Waals surface area (Å²) in [6.07, 6.45) is 0. The molecule has 0 aromatic heterocycles. The van der Waals surface area contributed by atoms with E-state index in [4.69, 9.17) is 17.3 Å². The van der Waals surface area contributed by atoms with Crippen LogP contribution in [0.25, 0.3) is 0 Å². The lowest BCUT2D eigenvalue weighted by Gasteiger charge is -2.09. The van der Waals surface area contributed by atoms with Crippen LogP contribution in [0.4, 0.5) is 22.7 Å². The molecule has 0 heterocycles. The van der Waals surface area contributed by atoms with Crippen LogP contribution < -0.4 is 11.1 Å². The first-order valence-electron chi connectivity index (χ1n) is 5.23. The van der Waals surface area contributed by atoms with Gasteiger partial charge < -0.3 is 11.1 Å². The van der Waals surface area contributed by atoms with Gasteiger partial charge in [0.2, 0.25) is 0 Å². The zero-order chi connectivity index (χ0) is 14.0. The van der Waals surface area contributed by atoms with Crippen molar-refractivity contribution in [3.05, 3.63) is 56.0 Å². The Hall–Kier alpha value is -1.79. The molecular formula is C12H9BrClN3O2. The first-order chi connectivity index (χ1) is 8.95. The van der Waals surface area contributed by atoms with Crippen molar-refractivity contribution in [2.45, 2.75) is 0 Å². The lowest BCUT2D eigenvalue weighted by Crippen LogP contribution is -1.96. The monoisotopic (exact) mass is 341 g/mol. The molecule has 2 aromatic rings. The van der Waals surface area contributed by atoms with E-state index >= 15 is 0 Å². The lowest BCUT2D eigenvalue weighted by atomic mass is 10.2. The predicted octanol–water partition coefficient (Wildman–Crippen LogP) is 4.34. The van der Waals surface area contributed by atoms with E-state index in [9.17, 15) is 10.1 Å². The number of nitro groups is 1. The summed E-state index contributed by atoms with van der Waals surface area (Å²) in [6, 6.07) is 9.55. The fourth-order valence-electron chi connectivity index (χ4n) is 1.56. The summed E-state index contributed by atoms with van der Waals surface area (Å²) in [7, 11) is 0. The molecule has 0 aliphatic carbocycles. The topological polar surface area (TPSA) is 81.2 Å². The molecule has 19 heavy (non-hydrogen) atoms. The second-order valence-corrected chi connectivity index (χ2v) is 5.11. The first-order valence-corrected chi connectivity index (χ1v) is 6.40.